The van der Waals surface area contributed by atoms with E-state index in [1.54, 1.807) is 0 Å². The molecule has 28 heavy (non-hydrogen) atoms. The number of likely N-dealkylation sites (tertiary alicyclic amines) is 1. The monoisotopic (exact) mass is 387 g/mol. The molecule has 0 spiro atoms. The predicted octanol–water partition coefficient (Wildman–Crippen LogP) is 3.09. The van der Waals surface area contributed by atoms with E-state index in [1.165, 1.54) is 5.56 Å². The first-order valence-corrected chi connectivity index (χ1v) is 10.3. The molecule has 3 rings (SSSR count). The van der Waals surface area contributed by atoms with Crippen LogP contribution in [0.25, 0.3) is 0 Å². The molecule has 154 valence electrons. The third-order valence-electron chi connectivity index (χ3n) is 5.94. The van der Waals surface area contributed by atoms with E-state index in [4.69, 9.17) is 5.11 Å². The van der Waals surface area contributed by atoms with Crippen LogP contribution in [0.5, 0.6) is 0 Å². The van der Waals surface area contributed by atoms with Crippen LogP contribution in [0.2, 0.25) is 0 Å². The highest BCUT2D eigenvalue weighted by Crippen LogP contribution is 2.38. The van der Waals surface area contributed by atoms with Crippen LogP contribution in [0, 0.1) is 17.3 Å². The topological polar surface area (TPSA) is 81.7 Å². The number of fused-ring (bicyclic) bond motifs is 1. The minimum atomic E-state index is -1.15. The Morgan fingerprint density at radius 1 is 1.18 bits per heavy atom. The van der Waals surface area contributed by atoms with E-state index >= 15 is 0 Å². The summed E-state index contributed by atoms with van der Waals surface area (Å²) in [6.07, 6.45) is 1.43. The molecule has 1 aliphatic heterocycles. The zero-order valence-corrected chi connectivity index (χ0v) is 17.1. The average Bonchev–Trinajstić information content (AvgIpc) is 3.15. The molecule has 1 aromatic carbocycles. The summed E-state index contributed by atoms with van der Waals surface area (Å²) < 4.78 is 0. The van der Waals surface area contributed by atoms with Gasteiger partial charge in [0.2, 0.25) is 5.91 Å². The van der Waals surface area contributed by atoms with E-state index in [0.29, 0.717) is 18.3 Å². The van der Waals surface area contributed by atoms with Crippen LogP contribution in [-0.4, -0.2) is 47.2 Å². The van der Waals surface area contributed by atoms with Crippen molar-refractivity contribution in [2.75, 3.05) is 13.1 Å². The van der Waals surface area contributed by atoms with Crippen LogP contribution >= 0.6 is 0 Å². The minimum absolute atomic E-state index is 0.135. The molecule has 0 radical (unpaired) electrons. The molecule has 4 atom stereocenters. The highest BCUT2D eigenvalue weighted by Gasteiger charge is 2.43. The molecule has 0 bridgehead atoms. The van der Waals surface area contributed by atoms with Gasteiger partial charge in [-0.2, -0.15) is 0 Å². The van der Waals surface area contributed by atoms with Gasteiger partial charge < -0.3 is 15.7 Å². The number of nitrogens with one attached hydrogen (secondary N) is 2. The molecule has 3 N–H and O–H groups in total. The van der Waals surface area contributed by atoms with E-state index in [2.05, 4.69) is 39.8 Å². The van der Waals surface area contributed by atoms with Crippen LogP contribution in [0.3, 0.4) is 0 Å². The zero-order valence-electron chi connectivity index (χ0n) is 17.1. The molecule has 6 nitrogen and oxygen atoms in total. The van der Waals surface area contributed by atoms with Gasteiger partial charge in [-0.15, -0.1) is 0 Å². The van der Waals surface area contributed by atoms with Crippen molar-refractivity contribution >= 4 is 12.0 Å². The molecular formula is C22H33N3O3. The number of carboxylic acid groups (broad SMARTS) is 1. The SMILES string of the molecule is CC(C)(C)C[C@H](NC(=O)O)C(=O)N[C@H]1CC[C@@H]2CN(Cc3ccccc3)C[C@@H]21. The summed E-state index contributed by atoms with van der Waals surface area (Å²) in [6.45, 7) is 9.05. The van der Waals surface area contributed by atoms with Crippen molar-refractivity contribution in [1.82, 2.24) is 15.5 Å². The van der Waals surface area contributed by atoms with Gasteiger partial charge in [0.05, 0.1) is 0 Å². The lowest BCUT2D eigenvalue weighted by atomic mass is 9.87. The molecule has 1 aliphatic carbocycles. The Hall–Kier alpha value is -2.08. The maximum absolute atomic E-state index is 12.8. The Bertz CT molecular complexity index is 686. The number of hydrogen-bond acceptors (Lipinski definition) is 3. The number of hydrogen-bond donors (Lipinski definition) is 3. The fourth-order valence-electron chi connectivity index (χ4n) is 4.76. The Labute approximate surface area is 167 Å². The largest absolute Gasteiger partial charge is 0.465 e. The number of nitrogens with zero attached hydrogens (tertiary/aromatic N) is 1. The minimum Gasteiger partial charge on any atom is -0.465 e. The number of carbonyl (C=O) groups excluding carboxylic acids is 1. The van der Waals surface area contributed by atoms with E-state index in [1.807, 2.05) is 26.8 Å². The molecule has 1 aromatic rings. The fourth-order valence-corrected chi connectivity index (χ4v) is 4.76. The van der Waals surface area contributed by atoms with Crippen molar-refractivity contribution in [3.8, 4) is 0 Å². The van der Waals surface area contributed by atoms with Gasteiger partial charge in [-0.1, -0.05) is 51.1 Å². The lowest BCUT2D eigenvalue weighted by Gasteiger charge is -2.28. The third kappa shape index (κ3) is 5.47. The first-order chi connectivity index (χ1) is 13.2. The second-order valence-electron chi connectivity index (χ2n) is 9.56. The van der Waals surface area contributed by atoms with Crippen LogP contribution in [-0.2, 0) is 11.3 Å². The highest BCUT2D eigenvalue weighted by molar-refractivity contribution is 5.85. The summed E-state index contributed by atoms with van der Waals surface area (Å²) >= 11 is 0. The van der Waals surface area contributed by atoms with E-state index < -0.39 is 12.1 Å². The number of carbonyl (C=O) groups is 2. The zero-order chi connectivity index (χ0) is 20.3. The summed E-state index contributed by atoms with van der Waals surface area (Å²) in [5.74, 6) is 0.875. The van der Waals surface area contributed by atoms with Crippen molar-refractivity contribution < 1.29 is 14.7 Å². The normalized spacial score (nSPS) is 25.9. The Kier molecular flexibility index (Phi) is 6.28. The second-order valence-corrected chi connectivity index (χ2v) is 9.56. The quantitative estimate of drug-likeness (QED) is 0.701. The molecule has 2 fully saturated rings. The lowest BCUT2D eigenvalue weighted by molar-refractivity contribution is -0.124. The van der Waals surface area contributed by atoms with Crippen LogP contribution in [0.1, 0.15) is 45.6 Å². The number of benzene rings is 1. The van der Waals surface area contributed by atoms with E-state index in [-0.39, 0.29) is 17.4 Å². The van der Waals surface area contributed by atoms with Gasteiger partial charge in [-0.05, 0) is 42.1 Å². The highest BCUT2D eigenvalue weighted by atomic mass is 16.4. The van der Waals surface area contributed by atoms with Gasteiger partial charge in [0, 0.05) is 25.7 Å². The molecule has 1 saturated heterocycles. The lowest BCUT2D eigenvalue weighted by Crippen LogP contribution is -2.51. The fraction of sp³-hybridized carbons (Fsp3) is 0.636. The third-order valence-corrected chi connectivity index (χ3v) is 5.94. The van der Waals surface area contributed by atoms with Gasteiger partial charge in [0.15, 0.2) is 0 Å². The van der Waals surface area contributed by atoms with Gasteiger partial charge in [0.1, 0.15) is 6.04 Å². The Balaban J connectivity index is 1.58. The smallest absolute Gasteiger partial charge is 0.405 e. The Morgan fingerprint density at radius 3 is 2.54 bits per heavy atom. The summed E-state index contributed by atoms with van der Waals surface area (Å²) in [5, 5.41) is 14.7. The molecule has 2 aliphatic rings. The van der Waals surface area contributed by atoms with Crippen LogP contribution < -0.4 is 10.6 Å². The van der Waals surface area contributed by atoms with Crippen molar-refractivity contribution in [3.63, 3.8) is 0 Å². The summed E-state index contributed by atoms with van der Waals surface area (Å²) in [4.78, 5) is 26.4. The maximum Gasteiger partial charge on any atom is 0.405 e. The second kappa shape index (κ2) is 8.52. The standard InChI is InChI=1S/C22H33N3O3/c1-22(2,3)11-19(24-21(27)28)20(26)23-18-10-9-16-13-25(14-17(16)18)12-15-7-5-4-6-8-15/h4-8,16-19,24H,9-14H2,1-3H3,(H,23,26)(H,27,28)/t16-,17+,18+,19+/m1/s1. The Morgan fingerprint density at radius 2 is 1.89 bits per heavy atom. The number of amides is 2. The van der Waals surface area contributed by atoms with Crippen LogP contribution in [0.4, 0.5) is 4.79 Å². The van der Waals surface area contributed by atoms with Gasteiger partial charge in [-0.25, -0.2) is 4.79 Å². The molecule has 1 heterocycles. The molecule has 1 saturated carbocycles. The number of rotatable bonds is 6. The predicted molar refractivity (Wildman–Crippen MR) is 109 cm³/mol. The maximum atomic E-state index is 12.8. The first kappa shape index (κ1) is 20.6. The summed E-state index contributed by atoms with van der Waals surface area (Å²) in [6, 6.07) is 9.91. The van der Waals surface area contributed by atoms with Gasteiger partial charge >= 0.3 is 6.09 Å². The molecule has 6 heteroatoms. The van der Waals surface area contributed by atoms with Crippen LogP contribution in [0.15, 0.2) is 30.3 Å². The van der Waals surface area contributed by atoms with Gasteiger partial charge in [-0.3, -0.25) is 9.69 Å². The summed E-state index contributed by atoms with van der Waals surface area (Å²) in [7, 11) is 0. The first-order valence-electron chi connectivity index (χ1n) is 10.3. The van der Waals surface area contributed by atoms with E-state index in [9.17, 15) is 9.59 Å². The molecule has 0 unspecified atom stereocenters. The van der Waals surface area contributed by atoms with Crippen molar-refractivity contribution in [2.45, 2.75) is 58.7 Å². The molecule has 2 amide bonds. The van der Waals surface area contributed by atoms with Crippen molar-refractivity contribution in [3.05, 3.63) is 35.9 Å². The van der Waals surface area contributed by atoms with E-state index in [0.717, 1.165) is 32.5 Å². The molecule has 0 aromatic heterocycles. The average molecular weight is 388 g/mol. The van der Waals surface area contributed by atoms with Crippen molar-refractivity contribution in [1.29, 1.82) is 0 Å². The van der Waals surface area contributed by atoms with Crippen molar-refractivity contribution in [2.24, 2.45) is 17.3 Å². The molecular weight excluding hydrogens is 354 g/mol. The summed E-state index contributed by atoms with van der Waals surface area (Å²) in [5.41, 5.74) is 1.18. The van der Waals surface area contributed by atoms with Gasteiger partial charge in [0.25, 0.3) is 0 Å².